The van der Waals surface area contributed by atoms with E-state index in [9.17, 15) is 4.79 Å². The molecule has 0 fully saturated rings. The normalized spacial score (nSPS) is 10.0. The SMILES string of the molecule is Cl.O=C(O)CCCc1nc2ccccc2[nH]1. The van der Waals surface area contributed by atoms with E-state index in [0.29, 0.717) is 12.8 Å². The van der Waals surface area contributed by atoms with E-state index in [4.69, 9.17) is 5.11 Å². The molecule has 0 aliphatic carbocycles. The van der Waals surface area contributed by atoms with Gasteiger partial charge in [-0.25, -0.2) is 4.98 Å². The Hall–Kier alpha value is -1.55. The van der Waals surface area contributed by atoms with Gasteiger partial charge < -0.3 is 10.1 Å². The minimum atomic E-state index is -0.758. The molecular weight excluding hydrogens is 228 g/mol. The number of benzene rings is 1. The molecule has 2 N–H and O–H groups in total. The van der Waals surface area contributed by atoms with E-state index in [1.807, 2.05) is 24.3 Å². The van der Waals surface area contributed by atoms with E-state index in [1.54, 1.807) is 0 Å². The molecule has 0 unspecified atom stereocenters. The second-order valence-corrected chi connectivity index (χ2v) is 3.45. The lowest BCUT2D eigenvalue weighted by Gasteiger charge is -1.92. The number of hydrogen-bond acceptors (Lipinski definition) is 2. The van der Waals surface area contributed by atoms with Gasteiger partial charge in [-0.05, 0) is 18.6 Å². The number of para-hydroxylation sites is 2. The van der Waals surface area contributed by atoms with Crippen molar-refractivity contribution in [3.05, 3.63) is 30.1 Å². The van der Waals surface area contributed by atoms with Crippen molar-refractivity contribution in [3.8, 4) is 0 Å². The Morgan fingerprint density at radius 3 is 2.81 bits per heavy atom. The first-order valence-corrected chi connectivity index (χ1v) is 4.91. The number of carboxylic acid groups (broad SMARTS) is 1. The molecule has 2 rings (SSSR count). The number of nitrogens with zero attached hydrogens (tertiary/aromatic N) is 1. The van der Waals surface area contributed by atoms with Crippen molar-refractivity contribution in [2.24, 2.45) is 0 Å². The molecule has 16 heavy (non-hydrogen) atoms. The van der Waals surface area contributed by atoms with E-state index < -0.39 is 5.97 Å². The van der Waals surface area contributed by atoms with E-state index in [0.717, 1.165) is 16.9 Å². The number of H-pyrrole nitrogens is 1. The van der Waals surface area contributed by atoms with Crippen LogP contribution in [0.5, 0.6) is 0 Å². The number of fused-ring (bicyclic) bond motifs is 1. The van der Waals surface area contributed by atoms with Crippen LogP contribution in [-0.2, 0) is 11.2 Å². The summed E-state index contributed by atoms with van der Waals surface area (Å²) in [6.45, 7) is 0. The number of carbonyl (C=O) groups is 1. The first-order chi connectivity index (χ1) is 7.25. The maximum atomic E-state index is 10.3. The third-order valence-electron chi connectivity index (χ3n) is 2.24. The highest BCUT2D eigenvalue weighted by Crippen LogP contribution is 2.11. The third kappa shape index (κ3) is 2.97. The first kappa shape index (κ1) is 12.5. The summed E-state index contributed by atoms with van der Waals surface area (Å²) < 4.78 is 0. The molecule has 0 aliphatic rings. The quantitative estimate of drug-likeness (QED) is 0.862. The molecule has 0 amide bonds. The van der Waals surface area contributed by atoms with Crippen LogP contribution in [0.15, 0.2) is 24.3 Å². The van der Waals surface area contributed by atoms with Gasteiger partial charge in [-0.3, -0.25) is 4.79 Å². The van der Waals surface area contributed by atoms with Gasteiger partial charge in [-0.1, -0.05) is 12.1 Å². The van der Waals surface area contributed by atoms with Crippen molar-refractivity contribution in [1.82, 2.24) is 9.97 Å². The maximum Gasteiger partial charge on any atom is 0.303 e. The van der Waals surface area contributed by atoms with Crippen molar-refractivity contribution in [2.45, 2.75) is 19.3 Å². The van der Waals surface area contributed by atoms with Crippen LogP contribution in [0, 0.1) is 0 Å². The predicted octanol–water partition coefficient (Wildman–Crippen LogP) is 2.39. The zero-order valence-corrected chi connectivity index (χ0v) is 9.46. The Morgan fingerprint density at radius 1 is 1.38 bits per heavy atom. The minimum Gasteiger partial charge on any atom is -0.481 e. The van der Waals surface area contributed by atoms with Gasteiger partial charge in [0.1, 0.15) is 5.82 Å². The summed E-state index contributed by atoms with van der Waals surface area (Å²) in [6.07, 6.45) is 1.49. The molecule has 2 aromatic rings. The Balaban J connectivity index is 0.00000128. The monoisotopic (exact) mass is 240 g/mol. The molecule has 0 atom stereocenters. The second kappa shape index (κ2) is 5.51. The number of halogens is 1. The molecule has 1 heterocycles. The van der Waals surface area contributed by atoms with Gasteiger partial charge in [0.2, 0.25) is 0 Å². The van der Waals surface area contributed by atoms with Crippen LogP contribution in [-0.4, -0.2) is 21.0 Å². The van der Waals surface area contributed by atoms with Gasteiger partial charge in [-0.2, -0.15) is 0 Å². The van der Waals surface area contributed by atoms with Crippen molar-refractivity contribution < 1.29 is 9.90 Å². The predicted molar refractivity (Wildman–Crippen MR) is 63.9 cm³/mol. The second-order valence-electron chi connectivity index (χ2n) is 3.45. The fourth-order valence-electron chi connectivity index (χ4n) is 1.53. The van der Waals surface area contributed by atoms with Gasteiger partial charge >= 0.3 is 5.97 Å². The van der Waals surface area contributed by atoms with Crippen LogP contribution < -0.4 is 0 Å². The third-order valence-corrected chi connectivity index (χ3v) is 2.24. The number of aromatic nitrogens is 2. The Kier molecular flexibility index (Phi) is 4.31. The van der Waals surface area contributed by atoms with Gasteiger partial charge in [0.05, 0.1) is 11.0 Å². The molecule has 0 aliphatic heterocycles. The summed E-state index contributed by atoms with van der Waals surface area (Å²) in [4.78, 5) is 17.9. The zero-order valence-electron chi connectivity index (χ0n) is 8.64. The summed E-state index contributed by atoms with van der Waals surface area (Å²) in [7, 11) is 0. The molecule has 1 aromatic carbocycles. The highest BCUT2D eigenvalue weighted by atomic mass is 35.5. The smallest absolute Gasteiger partial charge is 0.303 e. The molecule has 0 radical (unpaired) electrons. The number of rotatable bonds is 4. The number of nitrogens with one attached hydrogen (secondary N) is 1. The molecular formula is C11H13ClN2O2. The molecule has 5 heteroatoms. The van der Waals surface area contributed by atoms with Crippen molar-refractivity contribution in [3.63, 3.8) is 0 Å². The van der Waals surface area contributed by atoms with Crippen LogP contribution in [0.3, 0.4) is 0 Å². The first-order valence-electron chi connectivity index (χ1n) is 4.91. The molecule has 1 aromatic heterocycles. The van der Waals surface area contributed by atoms with Crippen molar-refractivity contribution in [1.29, 1.82) is 0 Å². The topological polar surface area (TPSA) is 66.0 Å². The van der Waals surface area contributed by atoms with Gasteiger partial charge in [0.15, 0.2) is 0 Å². The largest absolute Gasteiger partial charge is 0.481 e. The lowest BCUT2D eigenvalue weighted by atomic mass is 10.2. The highest BCUT2D eigenvalue weighted by Gasteiger charge is 2.03. The Morgan fingerprint density at radius 2 is 2.12 bits per heavy atom. The van der Waals surface area contributed by atoms with E-state index >= 15 is 0 Å². The van der Waals surface area contributed by atoms with Gasteiger partial charge in [0, 0.05) is 12.8 Å². The Bertz CT molecular complexity index is 449. The minimum absolute atomic E-state index is 0. The molecule has 0 spiro atoms. The number of aryl methyl sites for hydroxylation is 1. The van der Waals surface area contributed by atoms with Crippen LogP contribution in [0.2, 0.25) is 0 Å². The fourth-order valence-corrected chi connectivity index (χ4v) is 1.53. The summed E-state index contributed by atoms with van der Waals surface area (Å²) in [5, 5.41) is 8.50. The van der Waals surface area contributed by atoms with Gasteiger partial charge in [0.25, 0.3) is 0 Å². The summed E-state index contributed by atoms with van der Waals surface area (Å²) in [5.41, 5.74) is 1.94. The fraction of sp³-hybridized carbons (Fsp3) is 0.273. The van der Waals surface area contributed by atoms with Crippen LogP contribution in [0.4, 0.5) is 0 Å². The lowest BCUT2D eigenvalue weighted by Crippen LogP contribution is -1.96. The summed E-state index contributed by atoms with van der Waals surface area (Å²) in [6, 6.07) is 7.78. The van der Waals surface area contributed by atoms with Gasteiger partial charge in [-0.15, -0.1) is 12.4 Å². The summed E-state index contributed by atoms with van der Waals surface area (Å²) >= 11 is 0. The summed E-state index contributed by atoms with van der Waals surface area (Å²) in [5.74, 6) is 0.101. The number of aromatic amines is 1. The lowest BCUT2D eigenvalue weighted by molar-refractivity contribution is -0.137. The van der Waals surface area contributed by atoms with E-state index in [-0.39, 0.29) is 18.8 Å². The molecule has 0 bridgehead atoms. The molecule has 4 nitrogen and oxygen atoms in total. The van der Waals surface area contributed by atoms with Crippen molar-refractivity contribution in [2.75, 3.05) is 0 Å². The molecule has 86 valence electrons. The molecule has 0 saturated carbocycles. The average Bonchev–Trinajstić information content (AvgIpc) is 2.59. The average molecular weight is 241 g/mol. The number of carboxylic acids is 1. The number of hydrogen-bond donors (Lipinski definition) is 2. The van der Waals surface area contributed by atoms with Crippen molar-refractivity contribution >= 4 is 29.4 Å². The van der Waals surface area contributed by atoms with E-state index in [2.05, 4.69) is 9.97 Å². The molecule has 0 saturated heterocycles. The standard InChI is InChI=1S/C11H12N2O2.ClH/c14-11(15)7-3-6-10-12-8-4-1-2-5-9(8)13-10;/h1-2,4-5H,3,6-7H2,(H,12,13)(H,14,15);1H. The maximum absolute atomic E-state index is 10.3. The van der Waals surface area contributed by atoms with Crippen LogP contribution >= 0.6 is 12.4 Å². The Labute approximate surface area is 99.1 Å². The number of aliphatic carboxylic acids is 1. The van der Waals surface area contributed by atoms with E-state index in [1.165, 1.54) is 0 Å². The van der Waals surface area contributed by atoms with Crippen LogP contribution in [0.25, 0.3) is 11.0 Å². The highest BCUT2D eigenvalue weighted by molar-refractivity contribution is 5.85. The number of imidazole rings is 1. The van der Waals surface area contributed by atoms with Crippen LogP contribution in [0.1, 0.15) is 18.7 Å². The zero-order chi connectivity index (χ0) is 10.7.